The maximum Gasteiger partial charge on any atom is 0.322 e. The van der Waals surface area contributed by atoms with E-state index in [1.165, 1.54) is 0 Å². The molecule has 2 atom stereocenters. The van der Waals surface area contributed by atoms with Gasteiger partial charge >= 0.3 is 6.03 Å². The van der Waals surface area contributed by atoms with Gasteiger partial charge < -0.3 is 20.7 Å². The third-order valence-corrected chi connectivity index (χ3v) is 3.19. The number of nitrogens with zero attached hydrogens (tertiary/aromatic N) is 1. The van der Waals surface area contributed by atoms with Crippen molar-refractivity contribution >= 4 is 11.7 Å². The van der Waals surface area contributed by atoms with Gasteiger partial charge in [-0.1, -0.05) is 12.1 Å². The number of morpholine rings is 1. The van der Waals surface area contributed by atoms with Crippen molar-refractivity contribution in [2.75, 3.05) is 25.0 Å². The summed E-state index contributed by atoms with van der Waals surface area (Å²) in [5.41, 5.74) is 7.62. The Hall–Kier alpha value is -1.59. The molecule has 1 fully saturated rings. The number of carbonyl (C=O) groups is 1. The lowest BCUT2D eigenvalue weighted by atomic mass is 10.1. The van der Waals surface area contributed by atoms with Crippen LogP contribution in [0.5, 0.6) is 0 Å². The quantitative estimate of drug-likeness (QED) is 0.857. The lowest BCUT2D eigenvalue weighted by molar-refractivity contribution is -0.00138. The Morgan fingerprint density at radius 2 is 2.37 bits per heavy atom. The molecule has 1 heterocycles. The van der Waals surface area contributed by atoms with Crippen molar-refractivity contribution in [3.63, 3.8) is 0 Å². The molecule has 0 aliphatic carbocycles. The number of rotatable bonds is 2. The van der Waals surface area contributed by atoms with Crippen molar-refractivity contribution in [1.82, 2.24) is 4.90 Å². The van der Waals surface area contributed by atoms with Crippen molar-refractivity contribution < 1.29 is 9.53 Å². The minimum absolute atomic E-state index is 0.0414. The Morgan fingerprint density at radius 1 is 1.58 bits per heavy atom. The first kappa shape index (κ1) is 13.8. The molecule has 5 nitrogen and oxygen atoms in total. The summed E-state index contributed by atoms with van der Waals surface area (Å²) in [4.78, 5) is 13.9. The molecular formula is C14H21N3O2. The molecule has 1 aromatic carbocycles. The Bertz CT molecular complexity index is 448. The highest BCUT2D eigenvalue weighted by Crippen LogP contribution is 2.16. The maximum atomic E-state index is 12.1. The fourth-order valence-corrected chi connectivity index (χ4v) is 2.11. The summed E-state index contributed by atoms with van der Waals surface area (Å²) < 4.78 is 5.42. The fourth-order valence-electron chi connectivity index (χ4n) is 2.11. The van der Waals surface area contributed by atoms with E-state index in [-0.39, 0.29) is 18.2 Å². The highest BCUT2D eigenvalue weighted by atomic mass is 16.5. The SMILES string of the molecule is CC1CN(C(=O)Nc2cccc(C(C)N)c2)CCO1. The van der Waals surface area contributed by atoms with E-state index in [0.29, 0.717) is 19.7 Å². The first-order valence-electron chi connectivity index (χ1n) is 6.59. The Kier molecular flexibility index (Phi) is 4.39. The summed E-state index contributed by atoms with van der Waals surface area (Å²) >= 11 is 0. The topological polar surface area (TPSA) is 67.6 Å². The maximum absolute atomic E-state index is 12.1. The number of benzene rings is 1. The molecule has 2 unspecified atom stereocenters. The highest BCUT2D eigenvalue weighted by Gasteiger charge is 2.21. The van der Waals surface area contributed by atoms with Gasteiger partial charge in [-0.05, 0) is 31.5 Å². The van der Waals surface area contributed by atoms with Gasteiger partial charge in [0.1, 0.15) is 0 Å². The average Bonchev–Trinajstić information content (AvgIpc) is 2.39. The first-order valence-corrected chi connectivity index (χ1v) is 6.59. The first-order chi connectivity index (χ1) is 9.06. The van der Waals surface area contributed by atoms with E-state index < -0.39 is 0 Å². The van der Waals surface area contributed by atoms with Gasteiger partial charge in [-0.2, -0.15) is 0 Å². The summed E-state index contributed by atoms with van der Waals surface area (Å²) in [5.74, 6) is 0. The van der Waals surface area contributed by atoms with Crippen molar-refractivity contribution in [3.05, 3.63) is 29.8 Å². The largest absolute Gasteiger partial charge is 0.375 e. The van der Waals surface area contributed by atoms with Crippen molar-refractivity contribution in [2.45, 2.75) is 26.0 Å². The standard InChI is InChI=1S/C14H21N3O2/c1-10-9-17(6-7-19-10)14(18)16-13-5-3-4-12(8-13)11(2)15/h3-5,8,10-11H,6-7,9,15H2,1-2H3,(H,16,18). The Labute approximate surface area is 113 Å². The lowest BCUT2D eigenvalue weighted by Crippen LogP contribution is -2.46. The summed E-state index contributed by atoms with van der Waals surface area (Å²) in [6, 6.07) is 7.50. The monoisotopic (exact) mass is 263 g/mol. The third-order valence-electron chi connectivity index (χ3n) is 3.19. The zero-order valence-electron chi connectivity index (χ0n) is 11.4. The molecular weight excluding hydrogens is 242 g/mol. The minimum atomic E-state index is -0.0861. The molecule has 2 amide bonds. The molecule has 104 valence electrons. The van der Waals surface area contributed by atoms with Gasteiger partial charge in [0.15, 0.2) is 0 Å². The molecule has 1 aromatic rings. The minimum Gasteiger partial charge on any atom is -0.375 e. The molecule has 0 spiro atoms. The van der Waals surface area contributed by atoms with Gasteiger partial charge in [0.2, 0.25) is 0 Å². The molecule has 1 aliphatic heterocycles. The molecule has 5 heteroatoms. The predicted molar refractivity (Wildman–Crippen MR) is 75.1 cm³/mol. The van der Waals surface area contributed by atoms with E-state index in [1.54, 1.807) is 4.90 Å². The Morgan fingerprint density at radius 3 is 3.05 bits per heavy atom. The van der Waals surface area contributed by atoms with Crippen LogP contribution in [0.4, 0.5) is 10.5 Å². The van der Waals surface area contributed by atoms with E-state index in [4.69, 9.17) is 10.5 Å². The second-order valence-corrected chi connectivity index (χ2v) is 4.97. The number of nitrogens with one attached hydrogen (secondary N) is 1. The van der Waals surface area contributed by atoms with Crippen LogP contribution in [0.2, 0.25) is 0 Å². The predicted octanol–water partition coefficient (Wildman–Crippen LogP) is 1.96. The summed E-state index contributed by atoms with van der Waals surface area (Å²) in [6.07, 6.45) is 0.0925. The number of hydrogen-bond donors (Lipinski definition) is 2. The summed E-state index contributed by atoms with van der Waals surface area (Å²) in [7, 11) is 0. The van der Waals surface area contributed by atoms with Crippen LogP contribution in [0, 0.1) is 0 Å². The Balaban J connectivity index is 2.00. The fraction of sp³-hybridized carbons (Fsp3) is 0.500. The molecule has 0 bridgehead atoms. The molecule has 3 N–H and O–H groups in total. The van der Waals surface area contributed by atoms with Crippen molar-refractivity contribution in [3.8, 4) is 0 Å². The molecule has 0 aromatic heterocycles. The second-order valence-electron chi connectivity index (χ2n) is 4.97. The van der Waals surface area contributed by atoms with Crippen LogP contribution in [0.1, 0.15) is 25.5 Å². The van der Waals surface area contributed by atoms with E-state index in [9.17, 15) is 4.79 Å². The van der Waals surface area contributed by atoms with Crippen LogP contribution in [-0.4, -0.2) is 36.7 Å². The van der Waals surface area contributed by atoms with Gasteiger partial charge in [-0.15, -0.1) is 0 Å². The normalized spacial score (nSPS) is 21.0. The number of ether oxygens (including phenoxy) is 1. The van der Waals surface area contributed by atoms with Gasteiger partial charge in [0.05, 0.1) is 12.7 Å². The van der Waals surface area contributed by atoms with Gasteiger partial charge in [-0.25, -0.2) is 4.79 Å². The smallest absolute Gasteiger partial charge is 0.322 e. The number of hydrogen-bond acceptors (Lipinski definition) is 3. The zero-order valence-corrected chi connectivity index (χ0v) is 11.4. The van der Waals surface area contributed by atoms with Crippen LogP contribution in [-0.2, 0) is 4.74 Å². The summed E-state index contributed by atoms with van der Waals surface area (Å²) in [6.45, 7) is 5.73. The molecule has 19 heavy (non-hydrogen) atoms. The molecule has 0 saturated carbocycles. The van der Waals surface area contributed by atoms with Crippen LogP contribution in [0.25, 0.3) is 0 Å². The number of amides is 2. The van der Waals surface area contributed by atoms with Crippen LogP contribution in [0.15, 0.2) is 24.3 Å². The van der Waals surface area contributed by atoms with Crippen LogP contribution < -0.4 is 11.1 Å². The molecule has 1 aliphatic rings. The van der Waals surface area contributed by atoms with E-state index >= 15 is 0 Å². The van der Waals surface area contributed by atoms with Gasteiger partial charge in [0, 0.05) is 24.8 Å². The second kappa shape index (κ2) is 6.04. The molecule has 0 radical (unpaired) electrons. The van der Waals surface area contributed by atoms with Crippen LogP contribution >= 0.6 is 0 Å². The number of carbonyl (C=O) groups excluding carboxylic acids is 1. The van der Waals surface area contributed by atoms with Gasteiger partial charge in [-0.3, -0.25) is 0 Å². The van der Waals surface area contributed by atoms with Crippen molar-refractivity contribution in [1.29, 1.82) is 0 Å². The third kappa shape index (κ3) is 3.68. The number of urea groups is 1. The lowest BCUT2D eigenvalue weighted by Gasteiger charge is -2.31. The van der Waals surface area contributed by atoms with E-state index in [0.717, 1.165) is 11.3 Å². The van der Waals surface area contributed by atoms with Gasteiger partial charge in [0.25, 0.3) is 0 Å². The van der Waals surface area contributed by atoms with E-state index in [2.05, 4.69) is 5.32 Å². The number of anilines is 1. The molecule has 2 rings (SSSR count). The summed E-state index contributed by atoms with van der Waals surface area (Å²) in [5, 5.41) is 2.90. The highest BCUT2D eigenvalue weighted by molar-refractivity contribution is 5.89. The molecule has 1 saturated heterocycles. The number of nitrogens with two attached hydrogens (primary N) is 1. The average molecular weight is 263 g/mol. The van der Waals surface area contributed by atoms with Crippen molar-refractivity contribution in [2.24, 2.45) is 5.73 Å². The van der Waals surface area contributed by atoms with Crippen LogP contribution in [0.3, 0.4) is 0 Å². The zero-order chi connectivity index (χ0) is 13.8. The van der Waals surface area contributed by atoms with E-state index in [1.807, 2.05) is 38.1 Å².